The Balaban J connectivity index is 1.98. The molecule has 1 aliphatic rings. The molecule has 0 bridgehead atoms. The van der Waals surface area contributed by atoms with Gasteiger partial charge in [0.05, 0.1) is 17.7 Å². The van der Waals surface area contributed by atoms with E-state index in [0.29, 0.717) is 10.4 Å². The number of carbonyl (C=O) groups excluding carboxylic acids is 2. The fourth-order valence-corrected chi connectivity index (χ4v) is 3.56. The highest BCUT2D eigenvalue weighted by molar-refractivity contribution is 9.10. The minimum Gasteiger partial charge on any atom is -0.462 e. The summed E-state index contributed by atoms with van der Waals surface area (Å²) < 4.78 is 13.3. The van der Waals surface area contributed by atoms with Crippen molar-refractivity contribution in [1.82, 2.24) is 4.57 Å². The number of rotatable bonds is 4. The number of hydrogen-bond donors (Lipinski definition) is 0. The maximum absolute atomic E-state index is 12.8. The lowest BCUT2D eigenvalue weighted by Gasteiger charge is -2.25. The molecule has 0 saturated heterocycles. The molecule has 0 radical (unpaired) electrons. The number of hydrogen-bond acceptors (Lipinski definition) is 4. The molecule has 2 aromatic rings. The molecule has 3 rings (SSSR count). The summed E-state index contributed by atoms with van der Waals surface area (Å²) in [4.78, 5) is 25.2. The van der Waals surface area contributed by atoms with E-state index in [4.69, 9.17) is 9.15 Å². The van der Waals surface area contributed by atoms with E-state index in [9.17, 15) is 9.59 Å². The van der Waals surface area contributed by atoms with Crippen molar-refractivity contribution in [3.63, 3.8) is 0 Å². The van der Waals surface area contributed by atoms with Crippen LogP contribution in [0.3, 0.4) is 0 Å². The lowest BCUT2D eigenvalue weighted by Crippen LogP contribution is -2.27. The molecule has 5 nitrogen and oxygen atoms in total. The maximum Gasteiger partial charge on any atom is 0.315 e. The van der Waals surface area contributed by atoms with Crippen molar-refractivity contribution in [2.75, 3.05) is 0 Å². The number of ketones is 1. The summed E-state index contributed by atoms with van der Waals surface area (Å²) in [5.41, 5.74) is 2.30. The smallest absolute Gasteiger partial charge is 0.315 e. The second kappa shape index (κ2) is 6.59. The van der Waals surface area contributed by atoms with Crippen LogP contribution in [0.2, 0.25) is 0 Å². The van der Waals surface area contributed by atoms with Gasteiger partial charge in [0.25, 0.3) is 0 Å². The predicted molar refractivity (Wildman–Crippen MR) is 92.2 cm³/mol. The summed E-state index contributed by atoms with van der Waals surface area (Å²) in [7, 11) is 0. The summed E-state index contributed by atoms with van der Waals surface area (Å²) in [5, 5.41) is 0. The van der Waals surface area contributed by atoms with Crippen LogP contribution >= 0.6 is 15.9 Å². The number of nitrogens with zero attached hydrogens (tertiary/aromatic N) is 1. The van der Waals surface area contributed by atoms with Crippen LogP contribution in [0.1, 0.15) is 60.1 Å². The quantitative estimate of drug-likeness (QED) is 0.576. The van der Waals surface area contributed by atoms with Crippen LogP contribution in [0, 0.1) is 6.92 Å². The van der Waals surface area contributed by atoms with Crippen LogP contribution in [0.5, 0.6) is 0 Å². The summed E-state index contributed by atoms with van der Waals surface area (Å²) in [6.45, 7) is 6.29. The fourth-order valence-electron chi connectivity index (χ4n) is 3.25. The normalized spacial score (nSPS) is 17.0. The molecule has 0 spiro atoms. The van der Waals surface area contributed by atoms with E-state index in [0.717, 1.165) is 30.6 Å². The van der Waals surface area contributed by atoms with Gasteiger partial charge in [-0.25, -0.2) is 0 Å². The van der Waals surface area contributed by atoms with E-state index in [1.165, 1.54) is 0 Å². The second-order valence-electron chi connectivity index (χ2n) is 6.37. The van der Waals surface area contributed by atoms with Gasteiger partial charge >= 0.3 is 5.97 Å². The molecule has 0 amide bonds. The van der Waals surface area contributed by atoms with Gasteiger partial charge in [0.1, 0.15) is 0 Å². The zero-order valence-electron chi connectivity index (χ0n) is 14.0. The molecular formula is C18H20BrNO4. The Hall–Kier alpha value is -1.82. The third-order valence-electron chi connectivity index (χ3n) is 4.20. The summed E-state index contributed by atoms with van der Waals surface area (Å²) >= 11 is 3.22. The molecule has 0 fully saturated rings. The minimum absolute atomic E-state index is 0.148. The van der Waals surface area contributed by atoms with Crippen LogP contribution in [-0.2, 0) is 16.1 Å². The number of aryl methyl sites for hydroxylation is 1. The van der Waals surface area contributed by atoms with Crippen molar-refractivity contribution in [3.05, 3.63) is 45.6 Å². The lowest BCUT2D eigenvalue weighted by molar-refractivity contribution is -0.149. The van der Waals surface area contributed by atoms with Gasteiger partial charge in [0, 0.05) is 12.2 Å². The molecule has 1 unspecified atom stereocenters. The largest absolute Gasteiger partial charge is 0.462 e. The predicted octanol–water partition coefficient (Wildman–Crippen LogP) is 4.21. The van der Waals surface area contributed by atoms with Crippen LogP contribution in [0.25, 0.3) is 0 Å². The third kappa shape index (κ3) is 3.07. The first-order valence-electron chi connectivity index (χ1n) is 8.09. The zero-order valence-corrected chi connectivity index (χ0v) is 15.6. The highest BCUT2D eigenvalue weighted by Crippen LogP contribution is 2.34. The van der Waals surface area contributed by atoms with Crippen molar-refractivity contribution in [2.24, 2.45) is 0 Å². The second-order valence-corrected chi connectivity index (χ2v) is 7.15. The molecule has 0 aromatic carbocycles. The first kappa shape index (κ1) is 17.0. The topological polar surface area (TPSA) is 61.4 Å². The zero-order chi connectivity index (χ0) is 17.4. The first-order chi connectivity index (χ1) is 11.4. The van der Waals surface area contributed by atoms with Gasteiger partial charge in [-0.15, -0.1) is 0 Å². The monoisotopic (exact) mass is 393 g/mol. The van der Waals surface area contributed by atoms with Crippen molar-refractivity contribution in [3.8, 4) is 0 Å². The van der Waals surface area contributed by atoms with Crippen LogP contribution in [-0.4, -0.2) is 22.4 Å². The van der Waals surface area contributed by atoms with Gasteiger partial charge < -0.3 is 13.7 Å². The number of halogens is 1. The van der Waals surface area contributed by atoms with Crippen LogP contribution in [0.15, 0.2) is 27.3 Å². The third-order valence-corrected chi connectivity index (χ3v) is 4.63. The summed E-state index contributed by atoms with van der Waals surface area (Å²) in [6.07, 6.45) is 1.43. The number of ether oxygens (including phenoxy) is 1. The Labute approximate surface area is 149 Å². The molecule has 0 aliphatic carbocycles. The average Bonchev–Trinajstić information content (AvgIpc) is 3.08. The summed E-state index contributed by atoms with van der Waals surface area (Å²) in [6, 6.07) is 5.28. The fraction of sp³-hybridized carbons (Fsp3) is 0.444. The summed E-state index contributed by atoms with van der Waals surface area (Å²) in [5.74, 6) is -0.409. The van der Waals surface area contributed by atoms with E-state index in [2.05, 4.69) is 15.9 Å². The Morgan fingerprint density at radius 1 is 1.38 bits per heavy atom. The minimum atomic E-state index is -0.315. The van der Waals surface area contributed by atoms with E-state index < -0.39 is 0 Å². The van der Waals surface area contributed by atoms with E-state index in [-0.39, 0.29) is 29.5 Å². The SMILES string of the molecule is Cc1cc2n(c1C(=O)c1ccc(Br)o1)CCCC2C(=O)OC(C)C. The standard InChI is InChI=1S/C18H20BrNO4/c1-10(2)23-18(22)12-5-4-8-20-13(12)9-11(3)16(20)17(21)14-6-7-15(19)24-14/h6-7,9-10,12H,4-5,8H2,1-3H3. The van der Waals surface area contributed by atoms with Crippen molar-refractivity contribution >= 4 is 27.7 Å². The van der Waals surface area contributed by atoms with Gasteiger partial charge in [-0.05, 0) is 73.3 Å². The Bertz CT molecular complexity index is 787. The molecule has 0 N–H and O–H groups in total. The first-order valence-corrected chi connectivity index (χ1v) is 8.88. The van der Waals surface area contributed by atoms with Crippen LogP contribution < -0.4 is 0 Å². The van der Waals surface area contributed by atoms with Crippen molar-refractivity contribution in [2.45, 2.75) is 52.2 Å². The Kier molecular flexibility index (Phi) is 4.67. The number of furan rings is 1. The highest BCUT2D eigenvalue weighted by atomic mass is 79.9. The van der Waals surface area contributed by atoms with E-state index in [1.54, 1.807) is 12.1 Å². The van der Waals surface area contributed by atoms with Gasteiger partial charge in [0.15, 0.2) is 10.4 Å². The number of aromatic nitrogens is 1. The number of esters is 1. The molecule has 3 heterocycles. The molecule has 6 heteroatoms. The molecule has 24 heavy (non-hydrogen) atoms. The highest BCUT2D eigenvalue weighted by Gasteiger charge is 2.33. The molecule has 1 atom stereocenters. The molecular weight excluding hydrogens is 374 g/mol. The Morgan fingerprint density at radius 3 is 2.75 bits per heavy atom. The molecule has 0 saturated carbocycles. The van der Waals surface area contributed by atoms with Crippen molar-refractivity contribution in [1.29, 1.82) is 0 Å². The molecule has 128 valence electrons. The van der Waals surface area contributed by atoms with Gasteiger partial charge in [-0.2, -0.15) is 0 Å². The molecule has 2 aromatic heterocycles. The van der Waals surface area contributed by atoms with Gasteiger partial charge in [-0.1, -0.05) is 0 Å². The van der Waals surface area contributed by atoms with Gasteiger partial charge in [0.2, 0.25) is 5.78 Å². The Morgan fingerprint density at radius 2 is 2.12 bits per heavy atom. The maximum atomic E-state index is 12.8. The van der Waals surface area contributed by atoms with Crippen LogP contribution in [0.4, 0.5) is 0 Å². The average molecular weight is 394 g/mol. The van der Waals surface area contributed by atoms with E-state index in [1.807, 2.05) is 31.4 Å². The lowest BCUT2D eigenvalue weighted by atomic mass is 9.96. The number of fused-ring (bicyclic) bond motifs is 1. The van der Waals surface area contributed by atoms with Gasteiger partial charge in [-0.3, -0.25) is 9.59 Å². The molecule has 1 aliphatic heterocycles. The number of carbonyl (C=O) groups is 2. The van der Waals surface area contributed by atoms with E-state index >= 15 is 0 Å². The van der Waals surface area contributed by atoms with Crippen molar-refractivity contribution < 1.29 is 18.7 Å².